The van der Waals surface area contributed by atoms with Gasteiger partial charge in [0.1, 0.15) is 11.1 Å². The molecule has 0 radical (unpaired) electrons. The van der Waals surface area contributed by atoms with Crippen molar-refractivity contribution in [1.29, 1.82) is 0 Å². The summed E-state index contributed by atoms with van der Waals surface area (Å²) in [7, 11) is 0. The number of non-ortho nitro benzene ring substituents is 1. The van der Waals surface area contributed by atoms with Crippen LogP contribution in [0.3, 0.4) is 0 Å². The van der Waals surface area contributed by atoms with Crippen molar-refractivity contribution in [1.82, 2.24) is 0 Å². The number of ketones is 2. The molecule has 0 spiro atoms. The van der Waals surface area contributed by atoms with E-state index in [1.165, 1.54) is 0 Å². The van der Waals surface area contributed by atoms with E-state index in [2.05, 4.69) is 0 Å². The molecule has 1 aliphatic carbocycles. The van der Waals surface area contributed by atoms with Crippen LogP contribution in [0.1, 0.15) is 31.8 Å². The molecule has 0 bridgehead atoms. The predicted octanol–water partition coefficient (Wildman–Crippen LogP) is 1.51. The molecule has 16 heteroatoms. The first-order valence-electron chi connectivity index (χ1n) is 7.37. The van der Waals surface area contributed by atoms with Gasteiger partial charge in [0.05, 0.1) is 31.3 Å². The second kappa shape index (κ2) is 6.26. The van der Waals surface area contributed by atoms with Gasteiger partial charge in [-0.1, -0.05) is 0 Å². The summed E-state index contributed by atoms with van der Waals surface area (Å²) in [5, 5.41) is 64.8. The fraction of sp³-hybridized carbons (Fsp3) is 0. The minimum absolute atomic E-state index is 0.339. The van der Waals surface area contributed by atoms with Crippen LogP contribution < -0.4 is 0 Å². The highest BCUT2D eigenvalue weighted by atomic mass is 16.6. The van der Waals surface area contributed by atoms with Crippen LogP contribution in [-0.4, -0.2) is 41.5 Å². The van der Waals surface area contributed by atoms with Crippen LogP contribution in [-0.2, 0) is 0 Å². The lowest BCUT2D eigenvalue weighted by Gasteiger charge is -2.18. The fourth-order valence-corrected chi connectivity index (χ4v) is 3.03. The van der Waals surface area contributed by atoms with Crippen molar-refractivity contribution < 1.29 is 39.5 Å². The average Bonchev–Trinajstić information content (AvgIpc) is 2.63. The van der Waals surface area contributed by atoms with E-state index in [9.17, 15) is 60.3 Å². The number of aromatic hydroxyl groups is 2. The maximum atomic E-state index is 12.8. The number of rotatable bonds is 4. The molecule has 16 nitrogen and oxygen atoms in total. The molecule has 0 fully saturated rings. The van der Waals surface area contributed by atoms with Crippen molar-refractivity contribution in [3.05, 3.63) is 74.8 Å². The predicted molar refractivity (Wildman–Crippen MR) is 89.7 cm³/mol. The zero-order valence-electron chi connectivity index (χ0n) is 13.9. The summed E-state index contributed by atoms with van der Waals surface area (Å²) in [5.74, 6) is -6.55. The van der Waals surface area contributed by atoms with Gasteiger partial charge in [0.2, 0.25) is 11.5 Å². The van der Waals surface area contributed by atoms with Crippen LogP contribution in [0.2, 0.25) is 0 Å². The number of nitro groups is 4. The fourth-order valence-electron chi connectivity index (χ4n) is 3.03. The van der Waals surface area contributed by atoms with E-state index in [0.29, 0.717) is 12.1 Å². The topological polar surface area (TPSA) is 247 Å². The Morgan fingerprint density at radius 2 is 1.20 bits per heavy atom. The largest absolute Gasteiger partial charge is 0.501 e. The minimum atomic E-state index is -1.75. The van der Waals surface area contributed by atoms with E-state index in [4.69, 9.17) is 0 Å². The zero-order chi connectivity index (χ0) is 22.7. The summed E-state index contributed by atoms with van der Waals surface area (Å²) in [6, 6.07) is 0.793. The van der Waals surface area contributed by atoms with Gasteiger partial charge in [0.15, 0.2) is 5.78 Å². The monoisotopic (exact) mass is 420 g/mol. The molecule has 30 heavy (non-hydrogen) atoms. The number of fused-ring (bicyclic) bond motifs is 2. The van der Waals surface area contributed by atoms with E-state index in [1.54, 1.807) is 0 Å². The molecular weight excluding hydrogens is 416 g/mol. The highest BCUT2D eigenvalue weighted by Gasteiger charge is 2.48. The van der Waals surface area contributed by atoms with E-state index in [1.807, 2.05) is 0 Å². The molecule has 0 aliphatic heterocycles. The first kappa shape index (κ1) is 19.7. The standard InChI is InChI=1S/C14H4N4O12/c19-11-4-1-3(15(23)24)2-5(16(25)26)6(4)12(20)7-8(11)13(21)10(18(29)30)14(22)9(7)17(27)28/h1-2,21-22H. The summed E-state index contributed by atoms with van der Waals surface area (Å²) < 4.78 is 0. The summed E-state index contributed by atoms with van der Waals surface area (Å²) >= 11 is 0. The van der Waals surface area contributed by atoms with Crippen LogP contribution in [0.5, 0.6) is 11.5 Å². The molecule has 0 aromatic heterocycles. The van der Waals surface area contributed by atoms with Gasteiger partial charge in [-0.3, -0.25) is 50.0 Å². The van der Waals surface area contributed by atoms with Crippen LogP contribution >= 0.6 is 0 Å². The van der Waals surface area contributed by atoms with Crippen LogP contribution in [0.25, 0.3) is 0 Å². The summed E-state index contributed by atoms with van der Waals surface area (Å²) in [6.07, 6.45) is 0. The van der Waals surface area contributed by atoms with E-state index < -0.39 is 87.8 Å². The lowest BCUT2D eigenvalue weighted by Crippen LogP contribution is -2.24. The number of benzene rings is 2. The van der Waals surface area contributed by atoms with Gasteiger partial charge in [-0.25, -0.2) is 0 Å². The molecule has 2 N–H and O–H groups in total. The molecule has 1 aliphatic rings. The Bertz CT molecular complexity index is 1260. The molecular formula is C14H4N4O12. The maximum absolute atomic E-state index is 12.8. The summed E-state index contributed by atoms with van der Waals surface area (Å²) in [5.41, 5.74) is -10.2. The number of hydrogen-bond acceptors (Lipinski definition) is 12. The summed E-state index contributed by atoms with van der Waals surface area (Å²) in [6.45, 7) is 0. The third-order valence-electron chi connectivity index (χ3n) is 4.20. The zero-order valence-corrected chi connectivity index (χ0v) is 13.9. The van der Waals surface area contributed by atoms with Gasteiger partial charge >= 0.3 is 11.4 Å². The molecule has 2 aromatic rings. The van der Waals surface area contributed by atoms with Gasteiger partial charge in [0, 0.05) is 11.6 Å². The first-order chi connectivity index (χ1) is 13.9. The van der Waals surface area contributed by atoms with Crippen molar-refractivity contribution in [2.45, 2.75) is 0 Å². The Hall–Kier alpha value is -5.02. The van der Waals surface area contributed by atoms with Gasteiger partial charge in [-0.2, -0.15) is 0 Å². The third-order valence-corrected chi connectivity index (χ3v) is 4.20. The normalized spacial score (nSPS) is 12.1. The van der Waals surface area contributed by atoms with E-state index >= 15 is 0 Å². The molecule has 0 saturated heterocycles. The summed E-state index contributed by atoms with van der Waals surface area (Å²) in [4.78, 5) is 65.2. The second-order valence-corrected chi connectivity index (χ2v) is 5.72. The van der Waals surface area contributed by atoms with Crippen molar-refractivity contribution in [2.24, 2.45) is 0 Å². The van der Waals surface area contributed by atoms with Gasteiger partial charge in [0.25, 0.3) is 17.1 Å². The molecule has 0 atom stereocenters. The number of carbonyl (C=O) groups excluding carboxylic acids is 2. The lowest BCUT2D eigenvalue weighted by molar-refractivity contribution is -0.396. The number of hydrogen-bond donors (Lipinski definition) is 2. The minimum Gasteiger partial charge on any atom is -0.501 e. The highest BCUT2D eigenvalue weighted by molar-refractivity contribution is 6.33. The van der Waals surface area contributed by atoms with E-state index in [-0.39, 0.29) is 0 Å². The first-order valence-corrected chi connectivity index (χ1v) is 7.37. The smallest absolute Gasteiger partial charge is 0.360 e. The van der Waals surface area contributed by atoms with Crippen molar-refractivity contribution in [3.63, 3.8) is 0 Å². The van der Waals surface area contributed by atoms with Crippen molar-refractivity contribution in [2.75, 3.05) is 0 Å². The molecule has 152 valence electrons. The number of carbonyl (C=O) groups is 2. The Labute approximate surface area is 161 Å². The number of phenolic OH excluding ortho intramolecular Hbond substituents is 2. The van der Waals surface area contributed by atoms with Crippen LogP contribution in [0.15, 0.2) is 12.1 Å². The average molecular weight is 420 g/mol. The quantitative estimate of drug-likeness (QED) is 0.450. The van der Waals surface area contributed by atoms with Gasteiger partial charge in [-0.05, 0) is 0 Å². The van der Waals surface area contributed by atoms with Gasteiger partial charge < -0.3 is 10.2 Å². The van der Waals surface area contributed by atoms with Gasteiger partial charge in [-0.15, -0.1) is 0 Å². The Kier molecular flexibility index (Phi) is 4.12. The number of nitrogens with zero attached hydrogens (tertiary/aromatic N) is 4. The Morgan fingerprint density at radius 1 is 0.633 bits per heavy atom. The van der Waals surface area contributed by atoms with Crippen molar-refractivity contribution in [3.8, 4) is 11.5 Å². The molecule has 0 heterocycles. The molecule has 0 amide bonds. The lowest BCUT2D eigenvalue weighted by atomic mass is 9.81. The van der Waals surface area contributed by atoms with Crippen LogP contribution in [0, 0.1) is 40.5 Å². The number of phenols is 2. The molecule has 0 unspecified atom stereocenters. The Morgan fingerprint density at radius 3 is 1.67 bits per heavy atom. The number of nitro benzene ring substituents is 4. The Balaban J connectivity index is 2.56. The van der Waals surface area contributed by atoms with Crippen LogP contribution in [0.4, 0.5) is 22.7 Å². The maximum Gasteiger partial charge on any atom is 0.360 e. The highest BCUT2D eigenvalue weighted by Crippen LogP contribution is 2.51. The van der Waals surface area contributed by atoms with Crippen molar-refractivity contribution >= 4 is 34.3 Å². The van der Waals surface area contributed by atoms with E-state index in [0.717, 1.165) is 0 Å². The molecule has 2 aromatic carbocycles. The SMILES string of the molecule is O=C1c2cc([N+](=O)[O-])cc([N+](=O)[O-])c2C(=O)c2c1c(O)c([N+](=O)[O-])c(O)c2[N+](=O)[O-]. The third kappa shape index (κ3) is 2.47. The molecule has 3 rings (SSSR count). The molecule has 0 saturated carbocycles. The second-order valence-electron chi connectivity index (χ2n) is 5.72.